The van der Waals surface area contributed by atoms with Crippen molar-refractivity contribution >= 4 is 11.6 Å². The molecule has 1 aliphatic carbocycles. The van der Waals surface area contributed by atoms with Crippen LogP contribution in [0.4, 0.5) is 8.78 Å². The number of alkyl halides is 3. The summed E-state index contributed by atoms with van der Waals surface area (Å²) in [5.74, 6) is -1.53. The van der Waals surface area contributed by atoms with E-state index in [1.165, 1.54) is 0 Å². The molecule has 0 spiro atoms. The molecule has 1 rings (SSSR count). The van der Waals surface area contributed by atoms with Gasteiger partial charge in [-0.2, -0.15) is 0 Å². The van der Waals surface area contributed by atoms with Crippen LogP contribution in [0.2, 0.25) is 0 Å². The lowest BCUT2D eigenvalue weighted by atomic mass is 9.88. The Labute approximate surface area is 64.6 Å². The van der Waals surface area contributed by atoms with Crippen LogP contribution in [-0.2, 0) is 0 Å². The fourth-order valence-corrected chi connectivity index (χ4v) is 1.56. The van der Waals surface area contributed by atoms with Crippen molar-refractivity contribution in [3.63, 3.8) is 0 Å². The predicted molar refractivity (Wildman–Crippen MR) is 37.6 cm³/mol. The highest BCUT2D eigenvalue weighted by atomic mass is 35.5. The monoisotopic (exact) mass is 168 g/mol. The topological polar surface area (TPSA) is 0 Å². The van der Waals surface area contributed by atoms with Crippen LogP contribution in [0, 0.1) is 5.92 Å². The number of rotatable bonds is 1. The molecule has 10 heavy (non-hydrogen) atoms. The van der Waals surface area contributed by atoms with Crippen molar-refractivity contribution in [2.24, 2.45) is 5.92 Å². The van der Waals surface area contributed by atoms with Gasteiger partial charge in [0.25, 0.3) is 0 Å². The molecule has 1 aliphatic rings. The van der Waals surface area contributed by atoms with Gasteiger partial charge in [-0.3, -0.25) is 0 Å². The van der Waals surface area contributed by atoms with Gasteiger partial charge in [-0.05, 0) is 18.8 Å². The zero-order valence-corrected chi connectivity index (χ0v) is 6.50. The fourth-order valence-electron chi connectivity index (χ4n) is 1.25. The summed E-state index contributed by atoms with van der Waals surface area (Å²) in [6.07, 6.45) is 1.25. The van der Waals surface area contributed by atoms with E-state index in [-0.39, 0.29) is 12.8 Å². The normalized spacial score (nSPS) is 26.7. The second kappa shape index (κ2) is 3.04. The lowest BCUT2D eigenvalue weighted by Crippen LogP contribution is -2.25. The minimum absolute atomic E-state index is 0.0321. The van der Waals surface area contributed by atoms with Crippen LogP contribution < -0.4 is 0 Å². The van der Waals surface area contributed by atoms with Gasteiger partial charge in [-0.15, -0.1) is 11.6 Å². The molecule has 0 aromatic heterocycles. The summed E-state index contributed by atoms with van der Waals surface area (Å²) in [5.41, 5.74) is 0. The Bertz CT molecular complexity index is 104. The van der Waals surface area contributed by atoms with Crippen LogP contribution in [0.3, 0.4) is 0 Å². The zero-order chi connectivity index (χ0) is 7.61. The molecule has 0 N–H and O–H groups in total. The average molecular weight is 169 g/mol. The number of hydrogen-bond donors (Lipinski definition) is 0. The minimum Gasteiger partial charge on any atom is -0.207 e. The van der Waals surface area contributed by atoms with Crippen LogP contribution in [0.25, 0.3) is 0 Å². The smallest absolute Gasteiger partial charge is 0.207 e. The molecule has 0 nitrogen and oxygen atoms in total. The van der Waals surface area contributed by atoms with Gasteiger partial charge in [0.1, 0.15) is 0 Å². The molecule has 1 fully saturated rings. The molecular weight excluding hydrogens is 158 g/mol. The first-order valence-electron chi connectivity index (χ1n) is 3.58. The first kappa shape index (κ1) is 8.25. The van der Waals surface area contributed by atoms with Gasteiger partial charge in [-0.25, -0.2) is 8.78 Å². The van der Waals surface area contributed by atoms with E-state index in [0.717, 1.165) is 0 Å². The Morgan fingerprint density at radius 1 is 1.30 bits per heavy atom. The Morgan fingerprint density at radius 3 is 2.20 bits per heavy atom. The fraction of sp³-hybridized carbons (Fsp3) is 1.00. The predicted octanol–water partition coefficient (Wildman–Crippen LogP) is 3.05. The van der Waals surface area contributed by atoms with E-state index in [1.807, 2.05) is 0 Å². The van der Waals surface area contributed by atoms with E-state index in [9.17, 15) is 8.78 Å². The lowest BCUT2D eigenvalue weighted by Gasteiger charge is -2.26. The quantitative estimate of drug-likeness (QED) is 0.528. The van der Waals surface area contributed by atoms with E-state index in [1.54, 1.807) is 0 Å². The van der Waals surface area contributed by atoms with Crippen LogP contribution >= 0.6 is 11.6 Å². The van der Waals surface area contributed by atoms with Crippen molar-refractivity contribution in [3.05, 3.63) is 0 Å². The second-order valence-corrected chi connectivity index (χ2v) is 3.26. The maximum absolute atomic E-state index is 12.5. The molecule has 0 saturated heterocycles. The largest absolute Gasteiger partial charge is 0.248 e. The van der Waals surface area contributed by atoms with Crippen molar-refractivity contribution in [2.45, 2.75) is 31.6 Å². The van der Waals surface area contributed by atoms with Crippen molar-refractivity contribution in [1.82, 2.24) is 0 Å². The third-order valence-corrected chi connectivity index (χ3v) is 2.49. The third-order valence-electron chi connectivity index (χ3n) is 2.05. The summed E-state index contributed by atoms with van der Waals surface area (Å²) in [7, 11) is 0. The van der Waals surface area contributed by atoms with Crippen molar-refractivity contribution < 1.29 is 8.78 Å². The number of halogens is 3. The molecule has 60 valence electrons. The summed E-state index contributed by atoms with van der Waals surface area (Å²) in [6, 6.07) is 0. The Balaban J connectivity index is 2.31. The zero-order valence-electron chi connectivity index (χ0n) is 5.75. The van der Waals surface area contributed by atoms with Crippen molar-refractivity contribution in [3.8, 4) is 0 Å². The maximum atomic E-state index is 12.5. The summed E-state index contributed by atoms with van der Waals surface area (Å²) in [4.78, 5) is 0. The van der Waals surface area contributed by atoms with E-state index < -0.39 is 5.92 Å². The molecule has 0 atom stereocenters. The molecule has 3 heteroatoms. The molecule has 0 aromatic carbocycles. The first-order valence-corrected chi connectivity index (χ1v) is 4.11. The SMILES string of the molecule is FC1(F)CCC(CCl)CC1. The molecular formula is C7H11ClF2. The Morgan fingerprint density at radius 2 is 1.80 bits per heavy atom. The molecule has 0 heterocycles. The first-order chi connectivity index (χ1) is 4.64. The van der Waals surface area contributed by atoms with Crippen molar-refractivity contribution in [2.75, 3.05) is 5.88 Å². The van der Waals surface area contributed by atoms with E-state index >= 15 is 0 Å². The standard InChI is InChI=1S/C7H11ClF2/c8-5-6-1-3-7(9,10)4-2-6/h6H,1-5H2. The molecule has 0 radical (unpaired) electrons. The molecule has 0 amide bonds. The van der Waals surface area contributed by atoms with Gasteiger partial charge in [0, 0.05) is 18.7 Å². The van der Waals surface area contributed by atoms with E-state index in [0.29, 0.717) is 24.6 Å². The molecule has 0 aromatic rings. The average Bonchev–Trinajstić information content (AvgIpc) is 1.88. The number of hydrogen-bond acceptors (Lipinski definition) is 0. The third kappa shape index (κ3) is 2.08. The van der Waals surface area contributed by atoms with Crippen LogP contribution in [0.1, 0.15) is 25.7 Å². The summed E-state index contributed by atoms with van der Waals surface area (Å²) >= 11 is 5.53. The van der Waals surface area contributed by atoms with Crippen LogP contribution in [-0.4, -0.2) is 11.8 Å². The van der Waals surface area contributed by atoms with Gasteiger partial charge in [-0.1, -0.05) is 0 Å². The van der Waals surface area contributed by atoms with Gasteiger partial charge >= 0.3 is 0 Å². The highest BCUT2D eigenvalue weighted by Crippen LogP contribution is 2.36. The molecule has 0 aliphatic heterocycles. The van der Waals surface area contributed by atoms with E-state index in [4.69, 9.17) is 11.6 Å². The second-order valence-electron chi connectivity index (χ2n) is 2.95. The molecule has 1 saturated carbocycles. The minimum atomic E-state index is -2.40. The van der Waals surface area contributed by atoms with Crippen molar-refractivity contribution in [1.29, 1.82) is 0 Å². The summed E-state index contributed by atoms with van der Waals surface area (Å²) in [6.45, 7) is 0. The molecule has 0 bridgehead atoms. The molecule has 0 unspecified atom stereocenters. The van der Waals surface area contributed by atoms with E-state index in [2.05, 4.69) is 0 Å². The van der Waals surface area contributed by atoms with Gasteiger partial charge in [0.05, 0.1) is 0 Å². The Kier molecular flexibility index (Phi) is 2.50. The summed E-state index contributed by atoms with van der Waals surface area (Å²) < 4.78 is 24.9. The Hall–Kier alpha value is 0.150. The van der Waals surface area contributed by atoms with Crippen LogP contribution in [0.15, 0.2) is 0 Å². The maximum Gasteiger partial charge on any atom is 0.248 e. The van der Waals surface area contributed by atoms with Gasteiger partial charge in [0.15, 0.2) is 0 Å². The summed E-state index contributed by atoms with van der Waals surface area (Å²) in [5, 5.41) is 0. The highest BCUT2D eigenvalue weighted by molar-refractivity contribution is 6.18. The van der Waals surface area contributed by atoms with Gasteiger partial charge in [0.2, 0.25) is 5.92 Å². The van der Waals surface area contributed by atoms with Crippen LogP contribution in [0.5, 0.6) is 0 Å². The lowest BCUT2D eigenvalue weighted by molar-refractivity contribution is -0.0434. The van der Waals surface area contributed by atoms with Gasteiger partial charge < -0.3 is 0 Å². The highest BCUT2D eigenvalue weighted by Gasteiger charge is 2.34.